The molecular formula is C16H17ClN4O3. The number of nitrogens with one attached hydrogen (secondary N) is 1. The molecule has 1 aliphatic heterocycles. The highest BCUT2D eigenvalue weighted by atomic mass is 35.5. The highest BCUT2D eigenvalue weighted by molar-refractivity contribution is 6.31. The summed E-state index contributed by atoms with van der Waals surface area (Å²) in [6.07, 6.45) is 0.806. The topological polar surface area (TPSA) is 76.5 Å². The number of anilines is 2. The van der Waals surface area contributed by atoms with Gasteiger partial charge in [-0.25, -0.2) is 14.3 Å². The van der Waals surface area contributed by atoms with Crippen LogP contribution >= 0.6 is 11.6 Å². The van der Waals surface area contributed by atoms with Gasteiger partial charge in [-0.15, -0.1) is 0 Å². The van der Waals surface area contributed by atoms with Crippen LogP contribution in [0.2, 0.25) is 5.02 Å². The molecule has 0 radical (unpaired) electrons. The summed E-state index contributed by atoms with van der Waals surface area (Å²) in [5, 5.41) is 7.53. The second-order valence-electron chi connectivity index (χ2n) is 5.48. The Labute approximate surface area is 144 Å². The van der Waals surface area contributed by atoms with E-state index in [2.05, 4.69) is 10.4 Å². The highest BCUT2D eigenvalue weighted by Crippen LogP contribution is 2.25. The predicted molar refractivity (Wildman–Crippen MR) is 90.7 cm³/mol. The zero-order valence-corrected chi connectivity index (χ0v) is 14.1. The third-order valence-corrected chi connectivity index (χ3v) is 4.02. The number of aryl methyl sites for hydroxylation is 2. The molecule has 126 valence electrons. The molecule has 2 aromatic rings. The maximum atomic E-state index is 12.7. The molecule has 3 rings (SSSR count). The van der Waals surface area contributed by atoms with Crippen LogP contribution in [-0.4, -0.2) is 35.4 Å². The lowest BCUT2D eigenvalue weighted by Crippen LogP contribution is -2.40. The van der Waals surface area contributed by atoms with Crippen molar-refractivity contribution in [3.63, 3.8) is 0 Å². The number of fused-ring (bicyclic) bond motifs is 1. The lowest BCUT2D eigenvalue weighted by atomic mass is 10.2. The van der Waals surface area contributed by atoms with E-state index < -0.39 is 5.97 Å². The molecule has 1 N–H and O–H groups in total. The number of aromatic nitrogens is 2. The summed E-state index contributed by atoms with van der Waals surface area (Å²) in [5.41, 5.74) is 1.41. The van der Waals surface area contributed by atoms with E-state index in [1.165, 1.54) is 19.2 Å². The van der Waals surface area contributed by atoms with Crippen LogP contribution in [-0.2, 0) is 11.3 Å². The number of hydrogen-bond donors (Lipinski definition) is 1. The Hall–Kier alpha value is -2.54. The summed E-state index contributed by atoms with van der Waals surface area (Å²) in [6, 6.07) is 6.14. The van der Waals surface area contributed by atoms with Gasteiger partial charge in [-0.1, -0.05) is 11.6 Å². The summed E-state index contributed by atoms with van der Waals surface area (Å²) < 4.78 is 6.55. The molecule has 0 bridgehead atoms. The number of benzene rings is 1. The number of carbonyl (C=O) groups excluding carboxylic acids is 2. The Morgan fingerprint density at radius 2 is 2.08 bits per heavy atom. The minimum atomic E-state index is -0.540. The van der Waals surface area contributed by atoms with Crippen LogP contribution in [0, 0.1) is 6.92 Å². The molecule has 0 saturated heterocycles. The number of ether oxygens (including phenoxy) is 1. The summed E-state index contributed by atoms with van der Waals surface area (Å²) in [5.74, 6) is 0.194. The first-order chi connectivity index (χ1) is 11.5. The van der Waals surface area contributed by atoms with E-state index in [4.69, 9.17) is 16.3 Å². The van der Waals surface area contributed by atoms with Crippen molar-refractivity contribution >= 4 is 35.1 Å². The molecule has 0 fully saturated rings. The molecule has 1 aliphatic rings. The normalized spacial score (nSPS) is 13.4. The maximum Gasteiger partial charge on any atom is 0.339 e. The molecule has 1 aromatic carbocycles. The molecule has 0 atom stereocenters. The van der Waals surface area contributed by atoms with E-state index in [0.717, 1.165) is 24.5 Å². The number of halogens is 1. The second-order valence-corrected chi connectivity index (χ2v) is 5.92. The summed E-state index contributed by atoms with van der Waals surface area (Å²) >= 11 is 5.99. The van der Waals surface area contributed by atoms with Gasteiger partial charge in [0.05, 0.1) is 24.1 Å². The molecule has 7 nitrogen and oxygen atoms in total. The molecule has 0 saturated carbocycles. The zero-order chi connectivity index (χ0) is 17.3. The Balaban J connectivity index is 1.88. The molecule has 2 amide bonds. The van der Waals surface area contributed by atoms with Crippen molar-refractivity contribution in [3.05, 3.63) is 40.5 Å². The van der Waals surface area contributed by atoms with Crippen molar-refractivity contribution in [2.24, 2.45) is 0 Å². The average molecular weight is 349 g/mol. The number of hydrogen-bond acceptors (Lipinski definition) is 4. The van der Waals surface area contributed by atoms with Gasteiger partial charge in [-0.3, -0.25) is 4.90 Å². The van der Waals surface area contributed by atoms with Crippen LogP contribution in [0.4, 0.5) is 16.3 Å². The zero-order valence-electron chi connectivity index (χ0n) is 13.4. The van der Waals surface area contributed by atoms with Gasteiger partial charge in [0.1, 0.15) is 5.82 Å². The van der Waals surface area contributed by atoms with Crippen LogP contribution in [0.1, 0.15) is 22.5 Å². The lowest BCUT2D eigenvalue weighted by molar-refractivity contribution is 0.0602. The van der Waals surface area contributed by atoms with Gasteiger partial charge < -0.3 is 10.1 Å². The molecule has 1 aromatic heterocycles. The van der Waals surface area contributed by atoms with Gasteiger partial charge in [0.15, 0.2) is 0 Å². The largest absolute Gasteiger partial charge is 0.465 e. The molecule has 2 heterocycles. The Morgan fingerprint density at radius 3 is 2.83 bits per heavy atom. The van der Waals surface area contributed by atoms with Crippen molar-refractivity contribution in [1.82, 2.24) is 9.78 Å². The highest BCUT2D eigenvalue weighted by Gasteiger charge is 2.25. The number of nitrogens with zero attached hydrogens (tertiary/aromatic N) is 3. The average Bonchev–Trinajstić information content (AvgIpc) is 2.94. The van der Waals surface area contributed by atoms with E-state index in [9.17, 15) is 9.59 Å². The number of amides is 2. The maximum absolute atomic E-state index is 12.7. The first kappa shape index (κ1) is 16.3. The van der Waals surface area contributed by atoms with E-state index in [-0.39, 0.29) is 11.6 Å². The fraction of sp³-hybridized carbons (Fsp3) is 0.312. The van der Waals surface area contributed by atoms with E-state index >= 15 is 0 Å². The van der Waals surface area contributed by atoms with Crippen LogP contribution in [0.15, 0.2) is 24.3 Å². The summed E-state index contributed by atoms with van der Waals surface area (Å²) in [7, 11) is 1.29. The van der Waals surface area contributed by atoms with Crippen LogP contribution in [0.3, 0.4) is 0 Å². The molecule has 8 heteroatoms. The van der Waals surface area contributed by atoms with Crippen molar-refractivity contribution in [2.75, 3.05) is 23.9 Å². The van der Waals surface area contributed by atoms with Gasteiger partial charge in [-0.05, 0) is 31.5 Å². The standard InChI is InChI=1S/C16H17ClN4O3/c1-10-8-14-20(6-3-7-21(14)19-10)16(23)18-13-9-11(17)4-5-12(13)15(22)24-2/h4-5,8-9H,3,6-7H2,1-2H3,(H,18,23). The van der Waals surface area contributed by atoms with Crippen molar-refractivity contribution in [3.8, 4) is 0 Å². The fourth-order valence-electron chi connectivity index (χ4n) is 2.70. The van der Waals surface area contributed by atoms with E-state index in [1.54, 1.807) is 15.6 Å². The van der Waals surface area contributed by atoms with Gasteiger partial charge >= 0.3 is 12.0 Å². The predicted octanol–water partition coefficient (Wildman–Crippen LogP) is 3.07. The SMILES string of the molecule is COC(=O)c1ccc(Cl)cc1NC(=O)N1CCCn2nc(C)cc21. The van der Waals surface area contributed by atoms with Gasteiger partial charge in [0.2, 0.25) is 0 Å². The fourth-order valence-corrected chi connectivity index (χ4v) is 2.88. The summed E-state index contributed by atoms with van der Waals surface area (Å²) in [6.45, 7) is 3.23. The summed E-state index contributed by atoms with van der Waals surface area (Å²) in [4.78, 5) is 26.2. The van der Waals surface area contributed by atoms with Gasteiger partial charge in [0.25, 0.3) is 0 Å². The minimum Gasteiger partial charge on any atom is -0.465 e. The first-order valence-corrected chi connectivity index (χ1v) is 7.88. The second kappa shape index (κ2) is 6.52. The van der Waals surface area contributed by atoms with Crippen molar-refractivity contribution < 1.29 is 14.3 Å². The third-order valence-electron chi connectivity index (χ3n) is 3.78. The monoisotopic (exact) mass is 348 g/mol. The van der Waals surface area contributed by atoms with Crippen LogP contribution in [0.25, 0.3) is 0 Å². The van der Waals surface area contributed by atoms with Crippen LogP contribution in [0.5, 0.6) is 0 Å². The number of rotatable bonds is 2. The smallest absolute Gasteiger partial charge is 0.339 e. The minimum absolute atomic E-state index is 0.247. The number of esters is 1. The molecule has 0 aliphatic carbocycles. The molecule has 0 spiro atoms. The number of carbonyl (C=O) groups is 2. The number of urea groups is 1. The van der Waals surface area contributed by atoms with Gasteiger partial charge in [0, 0.05) is 24.2 Å². The molecular weight excluding hydrogens is 332 g/mol. The lowest BCUT2D eigenvalue weighted by Gasteiger charge is -2.28. The Bertz CT molecular complexity index is 803. The number of methoxy groups -OCH3 is 1. The first-order valence-electron chi connectivity index (χ1n) is 7.50. The van der Waals surface area contributed by atoms with Crippen molar-refractivity contribution in [1.29, 1.82) is 0 Å². The van der Waals surface area contributed by atoms with Gasteiger partial charge in [-0.2, -0.15) is 5.10 Å². The molecule has 0 unspecified atom stereocenters. The Morgan fingerprint density at radius 1 is 1.29 bits per heavy atom. The Kier molecular flexibility index (Phi) is 4.44. The van der Waals surface area contributed by atoms with E-state index in [1.807, 2.05) is 13.0 Å². The van der Waals surface area contributed by atoms with Crippen LogP contribution < -0.4 is 10.2 Å². The molecule has 24 heavy (non-hydrogen) atoms. The quantitative estimate of drug-likeness (QED) is 0.846. The third kappa shape index (κ3) is 3.07. The van der Waals surface area contributed by atoms with Crippen molar-refractivity contribution in [2.45, 2.75) is 19.9 Å². The van der Waals surface area contributed by atoms with E-state index in [0.29, 0.717) is 17.3 Å².